The summed E-state index contributed by atoms with van der Waals surface area (Å²) < 4.78 is 0. The second kappa shape index (κ2) is 8.57. The minimum atomic E-state index is 0.462. The molecule has 86 valence electrons. The number of nitrogens with two attached hydrogens (primary N) is 1. The summed E-state index contributed by atoms with van der Waals surface area (Å²) in [6, 6.07) is 0. The van der Waals surface area contributed by atoms with E-state index in [1.54, 1.807) is 6.08 Å². The Hall–Kier alpha value is -0.730. The van der Waals surface area contributed by atoms with E-state index < -0.39 is 0 Å². The van der Waals surface area contributed by atoms with Gasteiger partial charge in [0, 0.05) is 18.1 Å². The Morgan fingerprint density at radius 1 is 1.47 bits per heavy atom. The third-order valence-electron chi connectivity index (χ3n) is 2.25. The Morgan fingerprint density at radius 2 is 2.13 bits per heavy atom. The lowest BCUT2D eigenvalue weighted by atomic mass is 10.2. The standard InChI is InChI=1S/C12H21ClN2/c1-4-11(3)6-7-12(5-2)15(10-14)9-8-13/h5-7H,2,4,8-10,14H2,1,3H3/b11-6-,12-7+. The van der Waals surface area contributed by atoms with Crippen molar-refractivity contribution in [2.45, 2.75) is 20.3 Å². The molecule has 0 atom stereocenters. The van der Waals surface area contributed by atoms with Gasteiger partial charge in [-0.15, -0.1) is 11.6 Å². The normalized spacial score (nSPS) is 12.8. The van der Waals surface area contributed by atoms with Crippen molar-refractivity contribution >= 4 is 11.6 Å². The summed E-state index contributed by atoms with van der Waals surface area (Å²) in [4.78, 5) is 2.00. The number of hydrogen-bond donors (Lipinski definition) is 1. The Labute approximate surface area is 98.1 Å². The zero-order chi connectivity index (χ0) is 11.7. The van der Waals surface area contributed by atoms with E-state index >= 15 is 0 Å². The summed E-state index contributed by atoms with van der Waals surface area (Å²) in [7, 11) is 0. The second-order valence-corrected chi connectivity index (χ2v) is 3.68. The van der Waals surface area contributed by atoms with E-state index in [1.165, 1.54) is 5.57 Å². The van der Waals surface area contributed by atoms with Gasteiger partial charge in [-0.1, -0.05) is 25.2 Å². The van der Waals surface area contributed by atoms with Gasteiger partial charge in [0.15, 0.2) is 0 Å². The highest BCUT2D eigenvalue weighted by atomic mass is 35.5. The molecule has 2 nitrogen and oxygen atoms in total. The predicted octanol–water partition coefficient (Wildman–Crippen LogP) is 2.87. The monoisotopic (exact) mass is 228 g/mol. The summed E-state index contributed by atoms with van der Waals surface area (Å²) in [5, 5.41) is 0. The van der Waals surface area contributed by atoms with Crippen LogP contribution in [-0.2, 0) is 0 Å². The van der Waals surface area contributed by atoms with Gasteiger partial charge in [-0.2, -0.15) is 0 Å². The minimum Gasteiger partial charge on any atom is -0.358 e. The van der Waals surface area contributed by atoms with Crippen molar-refractivity contribution in [1.29, 1.82) is 0 Å². The highest BCUT2D eigenvalue weighted by Gasteiger charge is 2.02. The molecule has 0 amide bonds. The van der Waals surface area contributed by atoms with Gasteiger partial charge in [-0.3, -0.25) is 0 Å². The first-order chi connectivity index (χ1) is 7.19. The second-order valence-electron chi connectivity index (χ2n) is 3.30. The highest BCUT2D eigenvalue weighted by Crippen LogP contribution is 2.07. The fourth-order valence-corrected chi connectivity index (χ4v) is 1.28. The lowest BCUT2D eigenvalue weighted by molar-refractivity contribution is 0.387. The Morgan fingerprint density at radius 3 is 2.53 bits per heavy atom. The summed E-state index contributed by atoms with van der Waals surface area (Å²) >= 11 is 5.69. The van der Waals surface area contributed by atoms with Crippen LogP contribution in [0.2, 0.25) is 0 Å². The molecule has 15 heavy (non-hydrogen) atoms. The molecule has 0 bridgehead atoms. The first kappa shape index (κ1) is 14.3. The maximum atomic E-state index is 5.69. The van der Waals surface area contributed by atoms with E-state index in [1.807, 2.05) is 11.0 Å². The molecule has 0 fully saturated rings. The summed E-state index contributed by atoms with van der Waals surface area (Å²) in [5.41, 5.74) is 7.98. The lowest BCUT2D eigenvalue weighted by Crippen LogP contribution is -2.30. The van der Waals surface area contributed by atoms with Crippen LogP contribution in [0, 0.1) is 0 Å². The molecule has 0 aromatic heterocycles. The molecule has 0 saturated carbocycles. The molecule has 0 saturated heterocycles. The SMILES string of the molecule is C=C/C(=C\C=C(\C)CC)N(CN)CCCl. The molecule has 0 unspecified atom stereocenters. The molecule has 0 aliphatic heterocycles. The Bertz CT molecular complexity index is 244. The lowest BCUT2D eigenvalue weighted by Gasteiger charge is -2.22. The zero-order valence-corrected chi connectivity index (χ0v) is 10.4. The van der Waals surface area contributed by atoms with Crippen molar-refractivity contribution in [3.8, 4) is 0 Å². The van der Waals surface area contributed by atoms with Crippen LogP contribution in [0.3, 0.4) is 0 Å². The Balaban J connectivity index is 4.63. The first-order valence-electron chi connectivity index (χ1n) is 5.20. The molecule has 2 N–H and O–H groups in total. The number of halogens is 1. The van der Waals surface area contributed by atoms with E-state index in [0.717, 1.165) is 18.7 Å². The average Bonchev–Trinajstić information content (AvgIpc) is 2.27. The summed E-state index contributed by atoms with van der Waals surface area (Å²) in [5.74, 6) is 0.568. The van der Waals surface area contributed by atoms with Crippen LogP contribution in [0.4, 0.5) is 0 Å². The van der Waals surface area contributed by atoms with Crippen LogP contribution in [0.25, 0.3) is 0 Å². The molecule has 0 rings (SSSR count). The first-order valence-corrected chi connectivity index (χ1v) is 5.73. The number of rotatable bonds is 7. The molecule has 3 heteroatoms. The summed E-state index contributed by atoms with van der Waals surface area (Å²) in [6.07, 6.45) is 6.98. The third kappa shape index (κ3) is 5.65. The fourth-order valence-electron chi connectivity index (χ4n) is 1.08. The van der Waals surface area contributed by atoms with Gasteiger partial charge in [0.1, 0.15) is 0 Å². The number of hydrogen-bond acceptors (Lipinski definition) is 2. The van der Waals surface area contributed by atoms with Gasteiger partial charge in [-0.05, 0) is 25.5 Å². The number of nitrogens with zero attached hydrogens (tertiary/aromatic N) is 1. The van der Waals surface area contributed by atoms with Crippen molar-refractivity contribution < 1.29 is 0 Å². The van der Waals surface area contributed by atoms with Gasteiger partial charge in [0.2, 0.25) is 0 Å². The molecule has 0 aliphatic carbocycles. The van der Waals surface area contributed by atoms with Crippen molar-refractivity contribution in [1.82, 2.24) is 4.90 Å². The van der Waals surface area contributed by atoms with Crippen LogP contribution in [-0.4, -0.2) is 24.0 Å². The Kier molecular flexibility index (Phi) is 8.15. The van der Waals surface area contributed by atoms with E-state index in [-0.39, 0.29) is 0 Å². The van der Waals surface area contributed by atoms with Crippen LogP contribution in [0.1, 0.15) is 20.3 Å². The van der Waals surface area contributed by atoms with Gasteiger partial charge in [0.05, 0.1) is 6.67 Å². The van der Waals surface area contributed by atoms with Crippen molar-refractivity contribution in [3.63, 3.8) is 0 Å². The van der Waals surface area contributed by atoms with Gasteiger partial charge in [0.25, 0.3) is 0 Å². The van der Waals surface area contributed by atoms with E-state index in [2.05, 4.69) is 26.5 Å². The minimum absolute atomic E-state index is 0.462. The molecule has 0 aliphatic rings. The van der Waals surface area contributed by atoms with Crippen molar-refractivity contribution in [3.05, 3.63) is 36.1 Å². The molecule has 0 radical (unpaired) electrons. The maximum Gasteiger partial charge on any atom is 0.0657 e. The third-order valence-corrected chi connectivity index (χ3v) is 2.41. The topological polar surface area (TPSA) is 29.3 Å². The van der Waals surface area contributed by atoms with Crippen molar-refractivity contribution in [2.24, 2.45) is 5.73 Å². The quantitative estimate of drug-likeness (QED) is 0.413. The zero-order valence-electron chi connectivity index (χ0n) is 9.67. The molecule has 0 spiro atoms. The smallest absolute Gasteiger partial charge is 0.0657 e. The summed E-state index contributed by atoms with van der Waals surface area (Å²) in [6.45, 7) is 9.22. The van der Waals surface area contributed by atoms with Gasteiger partial charge in [-0.25, -0.2) is 0 Å². The van der Waals surface area contributed by atoms with Crippen LogP contribution >= 0.6 is 11.6 Å². The van der Waals surface area contributed by atoms with Crippen molar-refractivity contribution in [2.75, 3.05) is 19.1 Å². The number of allylic oxidation sites excluding steroid dienone is 4. The maximum absolute atomic E-state index is 5.69. The molecule has 0 heterocycles. The molecule has 0 aromatic carbocycles. The highest BCUT2D eigenvalue weighted by molar-refractivity contribution is 6.18. The molecule has 0 aromatic rings. The van der Waals surface area contributed by atoms with Gasteiger partial charge >= 0.3 is 0 Å². The van der Waals surface area contributed by atoms with Crippen LogP contribution < -0.4 is 5.73 Å². The average molecular weight is 229 g/mol. The molecular weight excluding hydrogens is 208 g/mol. The van der Waals surface area contributed by atoms with E-state index in [4.69, 9.17) is 17.3 Å². The van der Waals surface area contributed by atoms with E-state index in [9.17, 15) is 0 Å². The number of alkyl halides is 1. The molecular formula is C12H21ClN2. The van der Waals surface area contributed by atoms with Crippen LogP contribution in [0.5, 0.6) is 0 Å². The predicted molar refractivity (Wildman–Crippen MR) is 68.8 cm³/mol. The van der Waals surface area contributed by atoms with Gasteiger partial charge < -0.3 is 10.6 Å². The largest absolute Gasteiger partial charge is 0.358 e. The van der Waals surface area contributed by atoms with E-state index in [0.29, 0.717) is 12.5 Å². The van der Waals surface area contributed by atoms with Crippen LogP contribution in [0.15, 0.2) is 36.1 Å². The fraction of sp³-hybridized carbons (Fsp3) is 0.500.